The molecule has 0 saturated carbocycles. The summed E-state index contributed by atoms with van der Waals surface area (Å²) in [4.78, 5) is 3.91. The fourth-order valence-electron chi connectivity index (χ4n) is 1.34. The molecule has 0 bridgehead atoms. The van der Waals surface area contributed by atoms with Crippen molar-refractivity contribution in [2.75, 3.05) is 6.61 Å². The minimum atomic E-state index is -0.577. The summed E-state index contributed by atoms with van der Waals surface area (Å²) in [6.07, 6.45) is 4.75. The largest absolute Gasteiger partial charge is 0.489 e. The van der Waals surface area contributed by atoms with Gasteiger partial charge in [-0.2, -0.15) is 0 Å². The van der Waals surface area contributed by atoms with E-state index >= 15 is 0 Å². The van der Waals surface area contributed by atoms with Crippen LogP contribution in [0.1, 0.15) is 5.76 Å². The molecule has 0 aromatic carbocycles. The number of aromatic nitrogens is 1. The van der Waals surface area contributed by atoms with Gasteiger partial charge in [-0.1, -0.05) is 0 Å². The highest BCUT2D eigenvalue weighted by Gasteiger charge is 2.08. The molecule has 84 valence electrons. The second kappa shape index (κ2) is 5.32. The Morgan fingerprint density at radius 2 is 2.31 bits per heavy atom. The maximum atomic E-state index is 9.68. The van der Waals surface area contributed by atoms with Gasteiger partial charge in [-0.3, -0.25) is 4.98 Å². The van der Waals surface area contributed by atoms with E-state index < -0.39 is 6.10 Å². The Morgan fingerprint density at radius 3 is 3.00 bits per heavy atom. The summed E-state index contributed by atoms with van der Waals surface area (Å²) in [5.41, 5.74) is 0. The molecule has 0 saturated heterocycles. The Hall–Kier alpha value is -1.81. The first-order chi connectivity index (χ1) is 7.84. The van der Waals surface area contributed by atoms with Crippen molar-refractivity contribution in [3.05, 3.63) is 48.7 Å². The Morgan fingerprint density at radius 1 is 1.38 bits per heavy atom. The lowest BCUT2D eigenvalue weighted by atomic mass is 10.2. The van der Waals surface area contributed by atoms with Gasteiger partial charge in [0.2, 0.25) is 0 Å². The summed E-state index contributed by atoms with van der Waals surface area (Å²) in [5, 5.41) is 9.68. The molecule has 0 radical (unpaired) electrons. The van der Waals surface area contributed by atoms with Gasteiger partial charge in [0.25, 0.3) is 0 Å². The van der Waals surface area contributed by atoms with E-state index in [1.165, 1.54) is 0 Å². The van der Waals surface area contributed by atoms with Crippen LogP contribution in [0.15, 0.2) is 47.3 Å². The van der Waals surface area contributed by atoms with Crippen LogP contribution in [-0.2, 0) is 6.42 Å². The lowest BCUT2D eigenvalue weighted by molar-refractivity contribution is 0.103. The lowest BCUT2D eigenvalue weighted by Crippen LogP contribution is -2.19. The zero-order valence-electron chi connectivity index (χ0n) is 8.74. The van der Waals surface area contributed by atoms with Gasteiger partial charge < -0.3 is 14.3 Å². The number of rotatable bonds is 5. The number of aliphatic hydroxyl groups is 1. The van der Waals surface area contributed by atoms with E-state index in [-0.39, 0.29) is 6.61 Å². The second-order valence-electron chi connectivity index (χ2n) is 3.44. The smallest absolute Gasteiger partial charge is 0.137 e. The number of aliphatic hydroxyl groups excluding tert-OH is 1. The van der Waals surface area contributed by atoms with E-state index in [0.29, 0.717) is 12.2 Å². The van der Waals surface area contributed by atoms with Gasteiger partial charge in [-0.15, -0.1) is 0 Å². The molecule has 2 heterocycles. The van der Waals surface area contributed by atoms with Gasteiger partial charge in [0.15, 0.2) is 0 Å². The van der Waals surface area contributed by atoms with Gasteiger partial charge in [-0.25, -0.2) is 0 Å². The number of ether oxygens (including phenoxy) is 1. The van der Waals surface area contributed by atoms with Gasteiger partial charge in [0, 0.05) is 12.6 Å². The summed E-state index contributed by atoms with van der Waals surface area (Å²) < 4.78 is 10.5. The number of hydrogen-bond acceptors (Lipinski definition) is 4. The van der Waals surface area contributed by atoms with Crippen molar-refractivity contribution >= 4 is 0 Å². The van der Waals surface area contributed by atoms with Gasteiger partial charge in [0.1, 0.15) is 18.1 Å². The summed E-state index contributed by atoms with van der Waals surface area (Å²) in [5.74, 6) is 1.41. The number of hydrogen-bond donors (Lipinski definition) is 1. The monoisotopic (exact) mass is 219 g/mol. The van der Waals surface area contributed by atoms with E-state index in [1.807, 2.05) is 6.07 Å². The van der Waals surface area contributed by atoms with Crippen LogP contribution in [0.5, 0.6) is 5.75 Å². The highest BCUT2D eigenvalue weighted by molar-refractivity contribution is 5.15. The highest BCUT2D eigenvalue weighted by atomic mass is 16.5. The number of pyridine rings is 1. The Bertz CT molecular complexity index is 399. The third-order valence-corrected chi connectivity index (χ3v) is 2.09. The SMILES string of the molecule is OC(COc1cccnc1)Cc1ccco1. The average molecular weight is 219 g/mol. The predicted molar refractivity (Wildman–Crippen MR) is 58.2 cm³/mol. The maximum absolute atomic E-state index is 9.68. The van der Waals surface area contributed by atoms with Crippen LogP contribution in [0.25, 0.3) is 0 Å². The molecule has 0 fully saturated rings. The summed E-state index contributed by atoms with van der Waals surface area (Å²) in [6.45, 7) is 0.229. The molecule has 1 N–H and O–H groups in total. The molecule has 2 rings (SSSR count). The molecule has 4 heteroatoms. The first-order valence-electron chi connectivity index (χ1n) is 5.08. The van der Waals surface area contributed by atoms with Crippen molar-refractivity contribution in [3.8, 4) is 5.75 Å². The molecule has 2 aromatic rings. The molecule has 1 atom stereocenters. The predicted octanol–water partition coefficient (Wildman–Crippen LogP) is 1.66. The molecule has 4 nitrogen and oxygen atoms in total. The summed E-state index contributed by atoms with van der Waals surface area (Å²) >= 11 is 0. The molecule has 0 aliphatic rings. The zero-order chi connectivity index (χ0) is 11.2. The van der Waals surface area contributed by atoms with Crippen molar-refractivity contribution in [2.24, 2.45) is 0 Å². The molecule has 0 aliphatic heterocycles. The lowest BCUT2D eigenvalue weighted by Gasteiger charge is -2.10. The van der Waals surface area contributed by atoms with E-state index in [2.05, 4.69) is 4.98 Å². The van der Waals surface area contributed by atoms with Gasteiger partial charge in [0.05, 0.1) is 18.6 Å². The van der Waals surface area contributed by atoms with Crippen LogP contribution < -0.4 is 4.74 Å². The quantitative estimate of drug-likeness (QED) is 0.830. The number of nitrogens with zero attached hydrogens (tertiary/aromatic N) is 1. The molecule has 1 unspecified atom stereocenters. The molecular weight excluding hydrogens is 206 g/mol. The molecular formula is C12H13NO3. The highest BCUT2D eigenvalue weighted by Crippen LogP contribution is 2.09. The van der Waals surface area contributed by atoms with Crippen LogP contribution in [0.3, 0.4) is 0 Å². The van der Waals surface area contributed by atoms with Crippen LogP contribution in [-0.4, -0.2) is 22.8 Å². The summed E-state index contributed by atoms with van der Waals surface area (Å²) in [6, 6.07) is 7.21. The normalized spacial score (nSPS) is 12.3. The Labute approximate surface area is 93.5 Å². The second-order valence-corrected chi connectivity index (χ2v) is 3.44. The minimum Gasteiger partial charge on any atom is -0.489 e. The minimum absolute atomic E-state index is 0.229. The van der Waals surface area contributed by atoms with Gasteiger partial charge in [-0.05, 0) is 24.3 Å². The molecule has 0 aliphatic carbocycles. The molecule has 0 spiro atoms. The molecule has 2 aromatic heterocycles. The zero-order valence-corrected chi connectivity index (χ0v) is 8.74. The van der Waals surface area contributed by atoms with E-state index in [0.717, 1.165) is 5.76 Å². The Kier molecular flexibility index (Phi) is 3.56. The van der Waals surface area contributed by atoms with Crippen molar-refractivity contribution in [1.29, 1.82) is 0 Å². The average Bonchev–Trinajstić information content (AvgIpc) is 2.81. The fourth-order valence-corrected chi connectivity index (χ4v) is 1.34. The van der Waals surface area contributed by atoms with Crippen LogP contribution in [0.4, 0.5) is 0 Å². The van der Waals surface area contributed by atoms with E-state index in [1.54, 1.807) is 36.9 Å². The molecule has 16 heavy (non-hydrogen) atoms. The van der Waals surface area contributed by atoms with Gasteiger partial charge >= 0.3 is 0 Å². The van der Waals surface area contributed by atoms with Crippen molar-refractivity contribution in [2.45, 2.75) is 12.5 Å². The third kappa shape index (κ3) is 3.10. The van der Waals surface area contributed by atoms with Crippen LogP contribution >= 0.6 is 0 Å². The van der Waals surface area contributed by atoms with Crippen molar-refractivity contribution in [1.82, 2.24) is 4.98 Å². The Balaban J connectivity index is 1.78. The maximum Gasteiger partial charge on any atom is 0.137 e. The number of furan rings is 1. The van der Waals surface area contributed by atoms with Crippen LogP contribution in [0, 0.1) is 0 Å². The first kappa shape index (κ1) is 10.7. The summed E-state index contributed by atoms with van der Waals surface area (Å²) in [7, 11) is 0. The topological polar surface area (TPSA) is 55.5 Å². The van der Waals surface area contributed by atoms with E-state index in [9.17, 15) is 5.11 Å². The van der Waals surface area contributed by atoms with Crippen molar-refractivity contribution in [3.63, 3.8) is 0 Å². The van der Waals surface area contributed by atoms with Crippen molar-refractivity contribution < 1.29 is 14.3 Å². The van der Waals surface area contributed by atoms with Crippen LogP contribution in [0.2, 0.25) is 0 Å². The fraction of sp³-hybridized carbons (Fsp3) is 0.250. The first-order valence-corrected chi connectivity index (χ1v) is 5.08. The molecule has 0 amide bonds. The standard InChI is InChI=1S/C12H13NO3/c14-10(7-11-4-2-6-15-11)9-16-12-3-1-5-13-8-12/h1-6,8,10,14H,7,9H2. The van der Waals surface area contributed by atoms with E-state index in [4.69, 9.17) is 9.15 Å². The third-order valence-electron chi connectivity index (χ3n) is 2.09.